The number of H-pyrrole nitrogens is 1. The number of ether oxygens (including phenoxy) is 1. The van der Waals surface area contributed by atoms with E-state index in [1.807, 2.05) is 13.8 Å². The van der Waals surface area contributed by atoms with Crippen LogP contribution in [0.4, 0.5) is 0 Å². The minimum Gasteiger partial charge on any atom is -0.459 e. The van der Waals surface area contributed by atoms with Crippen molar-refractivity contribution in [3.05, 3.63) is 50.8 Å². The van der Waals surface area contributed by atoms with Crippen molar-refractivity contribution in [1.29, 1.82) is 0 Å². The highest BCUT2D eigenvalue weighted by Gasteiger charge is 2.23. The molecule has 3 aromatic heterocycles. The Morgan fingerprint density at radius 3 is 2.74 bits per heavy atom. The number of thiophene rings is 1. The van der Waals surface area contributed by atoms with Crippen LogP contribution in [0, 0.1) is 13.8 Å². The number of hydrogen-bond donors (Lipinski definition) is 2. The van der Waals surface area contributed by atoms with Gasteiger partial charge in [-0.1, -0.05) is 0 Å². The van der Waals surface area contributed by atoms with E-state index in [4.69, 9.17) is 9.15 Å². The lowest BCUT2D eigenvalue weighted by atomic mass is 10.2. The molecule has 0 aliphatic rings. The lowest BCUT2D eigenvalue weighted by Crippen LogP contribution is -2.39. The average molecular weight is 389 g/mol. The second-order valence-corrected chi connectivity index (χ2v) is 7.37. The van der Waals surface area contributed by atoms with Crippen LogP contribution in [0.15, 0.2) is 27.6 Å². The number of furan rings is 1. The van der Waals surface area contributed by atoms with Gasteiger partial charge in [0.2, 0.25) is 0 Å². The molecule has 0 aromatic carbocycles. The van der Waals surface area contributed by atoms with Crippen molar-refractivity contribution in [3.63, 3.8) is 0 Å². The van der Waals surface area contributed by atoms with E-state index in [1.165, 1.54) is 30.6 Å². The van der Waals surface area contributed by atoms with E-state index in [0.29, 0.717) is 10.2 Å². The Bertz CT molecular complexity index is 1050. The normalized spacial score (nSPS) is 13.3. The molecule has 0 bridgehead atoms. The van der Waals surface area contributed by atoms with E-state index in [9.17, 15) is 14.4 Å². The summed E-state index contributed by atoms with van der Waals surface area (Å²) in [5.41, 5.74) is 0.633. The van der Waals surface area contributed by atoms with Gasteiger partial charge in [-0.15, -0.1) is 11.3 Å². The molecule has 0 saturated heterocycles. The molecule has 3 rings (SSSR count). The largest absolute Gasteiger partial charge is 0.459 e. The number of fused-ring (bicyclic) bond motifs is 1. The smallest absolute Gasteiger partial charge is 0.329 e. The number of carbonyl (C=O) groups is 2. The molecule has 1 amide bonds. The maximum atomic E-state index is 12.3. The zero-order chi connectivity index (χ0) is 19.7. The standard InChI is InChI=1S/C18H19N3O5S/c1-8-11(4)27-17-13(8)16(23)20-14(21-17)10(3)26-18(24)9(2)19-15(22)12-6-5-7-25-12/h5-7,9-10H,1-4H3,(H,19,22)(H,20,21,23)/t9-,10-/m0/s1. The molecule has 9 heteroatoms. The Labute approximate surface area is 158 Å². The highest BCUT2D eigenvalue weighted by molar-refractivity contribution is 7.18. The van der Waals surface area contributed by atoms with Gasteiger partial charge in [0.25, 0.3) is 11.5 Å². The van der Waals surface area contributed by atoms with Gasteiger partial charge < -0.3 is 19.5 Å². The number of carbonyl (C=O) groups excluding carboxylic acids is 2. The second-order valence-electron chi connectivity index (χ2n) is 6.17. The van der Waals surface area contributed by atoms with Gasteiger partial charge in [-0.05, 0) is 45.4 Å². The second kappa shape index (κ2) is 7.36. The number of aryl methyl sites for hydroxylation is 2. The first-order valence-corrected chi connectivity index (χ1v) is 9.14. The third-order valence-electron chi connectivity index (χ3n) is 4.18. The monoisotopic (exact) mass is 389 g/mol. The minimum atomic E-state index is -0.897. The van der Waals surface area contributed by atoms with Crippen LogP contribution in [0.3, 0.4) is 0 Å². The van der Waals surface area contributed by atoms with E-state index in [1.54, 1.807) is 13.0 Å². The number of esters is 1. The fraction of sp³-hybridized carbons (Fsp3) is 0.333. The number of rotatable bonds is 5. The van der Waals surface area contributed by atoms with Crippen LogP contribution >= 0.6 is 11.3 Å². The van der Waals surface area contributed by atoms with Crippen LogP contribution in [0.2, 0.25) is 0 Å². The lowest BCUT2D eigenvalue weighted by molar-refractivity contribution is -0.150. The minimum absolute atomic E-state index is 0.0996. The first-order chi connectivity index (χ1) is 12.8. The summed E-state index contributed by atoms with van der Waals surface area (Å²) in [5, 5.41) is 3.05. The maximum absolute atomic E-state index is 12.3. The highest BCUT2D eigenvalue weighted by Crippen LogP contribution is 2.26. The number of amides is 1. The molecule has 2 N–H and O–H groups in total. The average Bonchev–Trinajstić information content (AvgIpc) is 3.23. The first-order valence-electron chi connectivity index (χ1n) is 8.32. The molecule has 0 aliphatic carbocycles. The summed E-state index contributed by atoms with van der Waals surface area (Å²) in [4.78, 5) is 45.2. The fourth-order valence-electron chi connectivity index (χ4n) is 2.53. The predicted molar refractivity (Wildman–Crippen MR) is 99.9 cm³/mol. The molecule has 0 fully saturated rings. The van der Waals surface area contributed by atoms with Gasteiger partial charge in [-0.25, -0.2) is 9.78 Å². The third-order valence-corrected chi connectivity index (χ3v) is 5.28. The van der Waals surface area contributed by atoms with Gasteiger partial charge in [0.15, 0.2) is 17.7 Å². The summed E-state index contributed by atoms with van der Waals surface area (Å²) < 4.78 is 10.3. The Morgan fingerprint density at radius 2 is 2.07 bits per heavy atom. The number of aromatic amines is 1. The van der Waals surface area contributed by atoms with Crippen molar-refractivity contribution in [2.75, 3.05) is 0 Å². The van der Waals surface area contributed by atoms with Gasteiger partial charge in [-0.2, -0.15) is 0 Å². The van der Waals surface area contributed by atoms with Crippen molar-refractivity contribution in [2.24, 2.45) is 0 Å². The molecule has 3 aromatic rings. The molecule has 142 valence electrons. The van der Waals surface area contributed by atoms with E-state index in [-0.39, 0.29) is 17.1 Å². The van der Waals surface area contributed by atoms with Crippen molar-refractivity contribution in [2.45, 2.75) is 39.8 Å². The lowest BCUT2D eigenvalue weighted by Gasteiger charge is -2.17. The van der Waals surface area contributed by atoms with Gasteiger partial charge in [0, 0.05) is 4.88 Å². The van der Waals surface area contributed by atoms with Crippen molar-refractivity contribution < 1.29 is 18.7 Å². The van der Waals surface area contributed by atoms with Gasteiger partial charge >= 0.3 is 5.97 Å². The molecule has 0 unspecified atom stereocenters. The Kier molecular flexibility index (Phi) is 5.13. The molecule has 2 atom stereocenters. The van der Waals surface area contributed by atoms with Gasteiger partial charge in [-0.3, -0.25) is 9.59 Å². The summed E-state index contributed by atoms with van der Waals surface area (Å²) in [6.45, 7) is 6.91. The first kappa shape index (κ1) is 18.8. The van der Waals surface area contributed by atoms with Gasteiger partial charge in [0.1, 0.15) is 10.9 Å². The SMILES string of the molecule is Cc1sc2nc([C@H](C)OC(=O)[C@H](C)NC(=O)c3ccco3)[nH]c(=O)c2c1C. The topological polar surface area (TPSA) is 114 Å². The number of nitrogens with zero attached hydrogens (tertiary/aromatic N) is 1. The number of aromatic nitrogens is 2. The fourth-order valence-corrected chi connectivity index (χ4v) is 3.57. The highest BCUT2D eigenvalue weighted by atomic mass is 32.1. The van der Waals surface area contributed by atoms with Crippen molar-refractivity contribution in [1.82, 2.24) is 15.3 Å². The quantitative estimate of drug-likeness (QED) is 0.648. The summed E-state index contributed by atoms with van der Waals surface area (Å²) in [6, 6.07) is 2.17. The van der Waals surface area contributed by atoms with Crippen LogP contribution < -0.4 is 10.9 Å². The molecule has 8 nitrogen and oxygen atoms in total. The molecule has 0 aliphatic heterocycles. The summed E-state index contributed by atoms with van der Waals surface area (Å²) >= 11 is 1.42. The molecule has 27 heavy (non-hydrogen) atoms. The number of hydrogen-bond acceptors (Lipinski definition) is 7. The van der Waals surface area contributed by atoms with Crippen molar-refractivity contribution >= 4 is 33.4 Å². The Hall–Kier alpha value is -2.94. The molecule has 0 radical (unpaired) electrons. The van der Waals surface area contributed by atoms with E-state index in [0.717, 1.165) is 10.4 Å². The van der Waals surface area contributed by atoms with E-state index >= 15 is 0 Å². The summed E-state index contributed by atoms with van der Waals surface area (Å²) in [5.74, 6) is -0.812. The molecule has 0 saturated carbocycles. The zero-order valence-electron chi connectivity index (χ0n) is 15.3. The van der Waals surface area contributed by atoms with Crippen LogP contribution in [-0.2, 0) is 9.53 Å². The van der Waals surface area contributed by atoms with Crippen LogP contribution in [0.1, 0.15) is 46.8 Å². The predicted octanol–water partition coefficient (Wildman–Crippen LogP) is 2.62. The molecule has 3 heterocycles. The van der Waals surface area contributed by atoms with Crippen molar-refractivity contribution in [3.8, 4) is 0 Å². The maximum Gasteiger partial charge on any atom is 0.329 e. The van der Waals surface area contributed by atoms with Crippen LogP contribution in [-0.4, -0.2) is 27.9 Å². The summed E-state index contributed by atoms with van der Waals surface area (Å²) in [7, 11) is 0. The number of nitrogens with one attached hydrogen (secondary N) is 2. The molecular formula is C18H19N3O5S. The molecular weight excluding hydrogens is 370 g/mol. The molecule has 0 spiro atoms. The van der Waals surface area contributed by atoms with E-state index in [2.05, 4.69) is 15.3 Å². The Morgan fingerprint density at radius 1 is 1.33 bits per heavy atom. The van der Waals surface area contributed by atoms with Gasteiger partial charge in [0.05, 0.1) is 11.6 Å². The zero-order valence-corrected chi connectivity index (χ0v) is 16.1. The Balaban J connectivity index is 1.71. The third kappa shape index (κ3) is 3.77. The summed E-state index contributed by atoms with van der Waals surface area (Å²) in [6.07, 6.45) is 0.590. The van der Waals surface area contributed by atoms with E-state index < -0.39 is 24.0 Å². The van der Waals surface area contributed by atoms with Crippen LogP contribution in [0.5, 0.6) is 0 Å². The van der Waals surface area contributed by atoms with Crippen LogP contribution in [0.25, 0.3) is 10.2 Å².